The van der Waals surface area contributed by atoms with Crippen LogP contribution < -0.4 is 0 Å². The number of rotatable bonds is 6. The standard InChI is InChI=1S/C18H15BrClN7O2/c1-2-4-14-16(23-25-27(14)13-6-3-5-12(20)7-13)17(28)29-10-15-22-18-21-8-11(19)9-26(18)24-15/h3,5-9H,2,4,10H2,1H3. The van der Waals surface area contributed by atoms with E-state index in [0.29, 0.717) is 28.7 Å². The lowest BCUT2D eigenvalue weighted by molar-refractivity contribution is 0.0454. The van der Waals surface area contributed by atoms with E-state index in [2.05, 4.69) is 41.3 Å². The molecule has 0 amide bonds. The summed E-state index contributed by atoms with van der Waals surface area (Å²) in [5.74, 6) is 0.163. The molecule has 0 fully saturated rings. The highest BCUT2D eigenvalue weighted by Gasteiger charge is 2.22. The van der Waals surface area contributed by atoms with Crippen molar-refractivity contribution >= 4 is 39.3 Å². The molecule has 4 aromatic rings. The second-order valence-corrected chi connectivity index (χ2v) is 7.50. The zero-order chi connectivity index (χ0) is 20.4. The number of nitrogens with zero attached hydrogens (tertiary/aromatic N) is 7. The molecule has 1 aromatic carbocycles. The van der Waals surface area contributed by atoms with Crippen LogP contribution >= 0.6 is 27.5 Å². The molecule has 0 bridgehead atoms. The second kappa shape index (κ2) is 8.26. The largest absolute Gasteiger partial charge is 0.453 e. The maximum atomic E-state index is 12.6. The summed E-state index contributed by atoms with van der Waals surface area (Å²) in [6.07, 6.45) is 4.75. The van der Waals surface area contributed by atoms with Gasteiger partial charge in [-0.2, -0.15) is 4.98 Å². The molecule has 29 heavy (non-hydrogen) atoms. The van der Waals surface area contributed by atoms with Crippen LogP contribution in [0.2, 0.25) is 5.02 Å². The van der Waals surface area contributed by atoms with Crippen molar-refractivity contribution in [2.75, 3.05) is 0 Å². The first-order chi connectivity index (χ1) is 14.0. The van der Waals surface area contributed by atoms with E-state index in [1.54, 1.807) is 29.2 Å². The van der Waals surface area contributed by atoms with Crippen LogP contribution in [0.15, 0.2) is 41.1 Å². The molecule has 3 aromatic heterocycles. The summed E-state index contributed by atoms with van der Waals surface area (Å²) in [4.78, 5) is 21.0. The number of hydrogen-bond donors (Lipinski definition) is 0. The van der Waals surface area contributed by atoms with Crippen LogP contribution in [-0.2, 0) is 17.8 Å². The van der Waals surface area contributed by atoms with Crippen LogP contribution in [-0.4, -0.2) is 40.5 Å². The Morgan fingerprint density at radius 3 is 3.00 bits per heavy atom. The van der Waals surface area contributed by atoms with Crippen molar-refractivity contribution in [3.05, 3.63) is 63.4 Å². The summed E-state index contributed by atoms with van der Waals surface area (Å²) in [5, 5.41) is 13.0. The number of aromatic nitrogens is 7. The summed E-state index contributed by atoms with van der Waals surface area (Å²) >= 11 is 9.40. The van der Waals surface area contributed by atoms with Gasteiger partial charge in [-0.1, -0.05) is 36.2 Å². The molecule has 148 valence electrons. The van der Waals surface area contributed by atoms with E-state index >= 15 is 0 Å². The van der Waals surface area contributed by atoms with Gasteiger partial charge in [0.05, 0.1) is 15.9 Å². The Bertz CT molecular complexity index is 1190. The molecule has 0 aliphatic heterocycles. The maximum Gasteiger partial charge on any atom is 0.361 e. The molecular formula is C18H15BrClN7O2. The highest BCUT2D eigenvalue weighted by molar-refractivity contribution is 9.10. The van der Waals surface area contributed by atoms with Gasteiger partial charge in [0.15, 0.2) is 18.1 Å². The van der Waals surface area contributed by atoms with Crippen LogP contribution in [0.3, 0.4) is 0 Å². The van der Waals surface area contributed by atoms with Gasteiger partial charge in [0, 0.05) is 17.4 Å². The van der Waals surface area contributed by atoms with Crippen molar-refractivity contribution in [1.82, 2.24) is 34.6 Å². The van der Waals surface area contributed by atoms with Gasteiger partial charge in [-0.25, -0.2) is 19.0 Å². The number of fused-ring (bicyclic) bond motifs is 1. The lowest BCUT2D eigenvalue weighted by Gasteiger charge is -2.07. The predicted molar refractivity (Wildman–Crippen MR) is 108 cm³/mol. The summed E-state index contributed by atoms with van der Waals surface area (Å²) in [6.45, 7) is 1.91. The zero-order valence-corrected chi connectivity index (χ0v) is 17.6. The lowest BCUT2D eigenvalue weighted by atomic mass is 10.2. The highest BCUT2D eigenvalue weighted by Crippen LogP contribution is 2.19. The number of halogens is 2. The fourth-order valence-electron chi connectivity index (χ4n) is 2.80. The van der Waals surface area contributed by atoms with Gasteiger partial charge < -0.3 is 4.74 Å². The Morgan fingerprint density at radius 2 is 2.21 bits per heavy atom. The molecular weight excluding hydrogens is 462 g/mol. The Hall–Kier alpha value is -2.85. The van der Waals surface area contributed by atoms with Crippen molar-refractivity contribution in [2.45, 2.75) is 26.4 Å². The van der Waals surface area contributed by atoms with Crippen molar-refractivity contribution in [2.24, 2.45) is 0 Å². The Kier molecular flexibility index (Phi) is 5.54. The highest BCUT2D eigenvalue weighted by atomic mass is 79.9. The van der Waals surface area contributed by atoms with Crippen molar-refractivity contribution < 1.29 is 9.53 Å². The maximum absolute atomic E-state index is 12.6. The van der Waals surface area contributed by atoms with Crippen LogP contribution in [0.25, 0.3) is 11.5 Å². The SMILES string of the molecule is CCCc1c(C(=O)OCc2nc3ncc(Br)cn3n2)nnn1-c1cccc(Cl)c1. The van der Waals surface area contributed by atoms with Gasteiger partial charge in [-0.15, -0.1) is 10.2 Å². The van der Waals surface area contributed by atoms with Crippen LogP contribution in [0.4, 0.5) is 0 Å². The van der Waals surface area contributed by atoms with E-state index in [1.165, 1.54) is 4.52 Å². The molecule has 9 nitrogen and oxygen atoms in total. The van der Waals surface area contributed by atoms with Gasteiger partial charge in [0.2, 0.25) is 0 Å². The number of benzene rings is 1. The summed E-state index contributed by atoms with van der Waals surface area (Å²) in [7, 11) is 0. The third kappa shape index (κ3) is 4.13. The van der Waals surface area contributed by atoms with Crippen molar-refractivity contribution in [3.8, 4) is 5.69 Å². The molecule has 0 N–H and O–H groups in total. The molecule has 0 atom stereocenters. The Labute approximate surface area is 178 Å². The number of esters is 1. The molecule has 0 aliphatic rings. The fourth-order valence-corrected chi connectivity index (χ4v) is 3.28. The van der Waals surface area contributed by atoms with Gasteiger partial charge >= 0.3 is 5.97 Å². The predicted octanol–water partition coefficient (Wildman–Crippen LogP) is 3.43. The van der Waals surface area contributed by atoms with E-state index in [0.717, 1.165) is 16.6 Å². The molecule has 0 radical (unpaired) electrons. The third-order valence-corrected chi connectivity index (χ3v) is 4.68. The molecule has 0 saturated heterocycles. The smallest absolute Gasteiger partial charge is 0.361 e. The first-order valence-corrected chi connectivity index (χ1v) is 9.96. The van der Waals surface area contributed by atoms with Crippen molar-refractivity contribution in [1.29, 1.82) is 0 Å². The molecule has 0 unspecified atom stereocenters. The third-order valence-electron chi connectivity index (χ3n) is 4.03. The zero-order valence-electron chi connectivity index (χ0n) is 15.3. The topological polar surface area (TPSA) is 100 Å². The normalized spacial score (nSPS) is 11.1. The van der Waals surface area contributed by atoms with Crippen LogP contribution in [0.5, 0.6) is 0 Å². The van der Waals surface area contributed by atoms with Crippen LogP contribution in [0.1, 0.15) is 35.4 Å². The lowest BCUT2D eigenvalue weighted by Crippen LogP contribution is -2.11. The van der Waals surface area contributed by atoms with Gasteiger partial charge in [0.25, 0.3) is 5.78 Å². The number of carbonyl (C=O) groups excluding carboxylic acids is 1. The Morgan fingerprint density at radius 1 is 1.34 bits per heavy atom. The minimum absolute atomic E-state index is 0.102. The average Bonchev–Trinajstić information content (AvgIpc) is 3.30. The number of ether oxygens (including phenoxy) is 1. The molecule has 0 aliphatic carbocycles. The number of hydrogen-bond acceptors (Lipinski definition) is 7. The average molecular weight is 477 g/mol. The van der Waals surface area contributed by atoms with Gasteiger partial charge in [0.1, 0.15) is 0 Å². The molecule has 3 heterocycles. The molecule has 0 spiro atoms. The van der Waals surface area contributed by atoms with E-state index < -0.39 is 5.97 Å². The molecule has 0 saturated carbocycles. The van der Waals surface area contributed by atoms with Crippen molar-refractivity contribution in [3.63, 3.8) is 0 Å². The van der Waals surface area contributed by atoms with Gasteiger partial charge in [-0.05, 0) is 40.5 Å². The quantitative estimate of drug-likeness (QED) is 0.393. The van der Waals surface area contributed by atoms with E-state index in [1.807, 2.05) is 19.1 Å². The van der Waals surface area contributed by atoms with Gasteiger partial charge in [-0.3, -0.25) is 0 Å². The monoisotopic (exact) mass is 475 g/mol. The minimum atomic E-state index is -0.588. The summed E-state index contributed by atoms with van der Waals surface area (Å²) in [5.41, 5.74) is 1.55. The first-order valence-electron chi connectivity index (χ1n) is 8.79. The van der Waals surface area contributed by atoms with Crippen LogP contribution in [0, 0.1) is 0 Å². The number of carbonyl (C=O) groups is 1. The van der Waals surface area contributed by atoms with E-state index in [-0.39, 0.29) is 12.3 Å². The van der Waals surface area contributed by atoms with E-state index in [9.17, 15) is 4.79 Å². The summed E-state index contributed by atoms with van der Waals surface area (Å²) in [6, 6.07) is 7.19. The minimum Gasteiger partial charge on any atom is -0.453 e. The Balaban J connectivity index is 1.56. The molecule has 4 rings (SSSR count). The fraction of sp³-hybridized carbons (Fsp3) is 0.222. The summed E-state index contributed by atoms with van der Waals surface area (Å²) < 4.78 is 9.25. The van der Waals surface area contributed by atoms with E-state index in [4.69, 9.17) is 16.3 Å². The first kappa shape index (κ1) is 19.5. The molecule has 11 heteroatoms. The second-order valence-electron chi connectivity index (χ2n) is 6.15.